The summed E-state index contributed by atoms with van der Waals surface area (Å²) in [6, 6.07) is 2.52. The van der Waals surface area contributed by atoms with Gasteiger partial charge in [-0.1, -0.05) is 13.3 Å². The first-order valence-electron chi connectivity index (χ1n) is 8.98. The number of carbonyl (C=O) groups is 1. The van der Waals surface area contributed by atoms with Gasteiger partial charge in [0.25, 0.3) is 5.91 Å². The molecule has 2 rings (SSSR count). The van der Waals surface area contributed by atoms with Gasteiger partial charge in [-0.3, -0.25) is 9.69 Å². The molecule has 1 aromatic carbocycles. The van der Waals surface area contributed by atoms with E-state index in [9.17, 15) is 23.1 Å². The fraction of sp³-hybridized carbons (Fsp3) is 0.632. The predicted octanol–water partition coefficient (Wildman–Crippen LogP) is 4.04. The molecule has 0 saturated carbocycles. The first-order chi connectivity index (χ1) is 12.0. The smallest absolute Gasteiger partial charge is 0.417 e. The number of halogens is 3. The molecule has 26 heavy (non-hydrogen) atoms. The van der Waals surface area contributed by atoms with Crippen molar-refractivity contribution < 1.29 is 23.1 Å². The van der Waals surface area contributed by atoms with Crippen molar-refractivity contribution in [3.63, 3.8) is 0 Å². The average Bonchev–Trinajstić information content (AvgIpc) is 2.58. The maximum atomic E-state index is 13.1. The molecule has 0 radical (unpaired) electrons. The largest absolute Gasteiger partial charge is 0.508 e. The van der Waals surface area contributed by atoms with E-state index in [2.05, 4.69) is 17.1 Å². The minimum absolute atomic E-state index is 0.231. The normalized spacial score (nSPS) is 19.4. The van der Waals surface area contributed by atoms with Crippen LogP contribution in [-0.2, 0) is 6.18 Å². The summed E-state index contributed by atoms with van der Waals surface area (Å²) in [5.74, 6) is -0.587. The number of phenols is 1. The topological polar surface area (TPSA) is 52.6 Å². The van der Waals surface area contributed by atoms with Crippen LogP contribution in [0.25, 0.3) is 0 Å². The lowest BCUT2D eigenvalue weighted by molar-refractivity contribution is -0.137. The molecule has 2 N–H and O–H groups in total. The number of nitrogens with one attached hydrogen (secondary N) is 1. The van der Waals surface area contributed by atoms with Crippen LogP contribution in [0.5, 0.6) is 5.75 Å². The van der Waals surface area contributed by atoms with Crippen molar-refractivity contribution in [3.05, 3.63) is 29.3 Å². The Bertz CT molecular complexity index is 644. The summed E-state index contributed by atoms with van der Waals surface area (Å²) in [5.41, 5.74) is -1.97. The highest BCUT2D eigenvalue weighted by Crippen LogP contribution is 2.33. The van der Waals surface area contributed by atoms with Gasteiger partial charge in [0.05, 0.1) is 11.1 Å². The zero-order chi connectivity index (χ0) is 19.5. The summed E-state index contributed by atoms with van der Waals surface area (Å²) in [7, 11) is 0. The molecule has 0 spiro atoms. The highest BCUT2D eigenvalue weighted by molar-refractivity contribution is 5.96. The van der Waals surface area contributed by atoms with Crippen LogP contribution in [0.4, 0.5) is 13.2 Å². The molecule has 1 atom stereocenters. The van der Waals surface area contributed by atoms with E-state index in [1.165, 1.54) is 6.42 Å². The van der Waals surface area contributed by atoms with Crippen LogP contribution in [0.1, 0.15) is 56.0 Å². The molecule has 1 heterocycles. The molecule has 1 fully saturated rings. The Balaban J connectivity index is 2.09. The van der Waals surface area contributed by atoms with E-state index in [1.807, 2.05) is 13.8 Å². The summed E-state index contributed by atoms with van der Waals surface area (Å²) < 4.78 is 39.4. The minimum atomic E-state index is -4.66. The number of rotatable bonds is 5. The lowest BCUT2D eigenvalue weighted by Crippen LogP contribution is -2.54. The quantitative estimate of drug-likeness (QED) is 0.820. The molecule has 1 saturated heterocycles. The predicted molar refractivity (Wildman–Crippen MR) is 94.1 cm³/mol. The van der Waals surface area contributed by atoms with E-state index in [0.29, 0.717) is 5.92 Å². The van der Waals surface area contributed by atoms with Gasteiger partial charge in [-0.2, -0.15) is 13.2 Å². The van der Waals surface area contributed by atoms with Crippen molar-refractivity contribution >= 4 is 5.91 Å². The molecular formula is C19H27F3N2O2. The zero-order valence-electron chi connectivity index (χ0n) is 15.5. The molecule has 0 aliphatic carbocycles. The molecular weight excluding hydrogens is 345 g/mol. The molecule has 0 aromatic heterocycles. The second-order valence-corrected chi connectivity index (χ2v) is 7.59. The number of piperidine rings is 1. The third-order valence-electron chi connectivity index (χ3n) is 5.19. The first kappa shape index (κ1) is 20.6. The Morgan fingerprint density at radius 3 is 2.65 bits per heavy atom. The van der Waals surface area contributed by atoms with Gasteiger partial charge in [0.15, 0.2) is 0 Å². The van der Waals surface area contributed by atoms with Crippen molar-refractivity contribution in [2.24, 2.45) is 5.92 Å². The van der Waals surface area contributed by atoms with Gasteiger partial charge in [-0.25, -0.2) is 0 Å². The Hall–Kier alpha value is -1.76. The maximum Gasteiger partial charge on any atom is 0.417 e. The number of likely N-dealkylation sites (tertiary alicyclic amines) is 1. The van der Waals surface area contributed by atoms with E-state index in [1.54, 1.807) is 0 Å². The number of alkyl halides is 3. The number of nitrogens with zero attached hydrogens (tertiary/aromatic N) is 1. The van der Waals surface area contributed by atoms with Crippen LogP contribution >= 0.6 is 0 Å². The summed E-state index contributed by atoms with van der Waals surface area (Å²) in [5, 5.41) is 12.1. The molecule has 1 unspecified atom stereocenters. The van der Waals surface area contributed by atoms with Gasteiger partial charge in [0.2, 0.25) is 0 Å². The van der Waals surface area contributed by atoms with Crippen molar-refractivity contribution in [1.29, 1.82) is 0 Å². The van der Waals surface area contributed by atoms with E-state index in [0.717, 1.165) is 44.1 Å². The van der Waals surface area contributed by atoms with Gasteiger partial charge < -0.3 is 10.4 Å². The lowest BCUT2D eigenvalue weighted by atomic mass is 9.91. The summed E-state index contributed by atoms with van der Waals surface area (Å²) >= 11 is 0. The van der Waals surface area contributed by atoms with Crippen molar-refractivity contribution in [3.8, 4) is 5.75 Å². The fourth-order valence-electron chi connectivity index (χ4n) is 3.42. The summed E-state index contributed by atoms with van der Waals surface area (Å²) in [6.45, 7) is 8.20. The lowest BCUT2D eigenvalue weighted by Gasteiger charge is -2.43. The van der Waals surface area contributed by atoms with E-state index < -0.39 is 23.2 Å². The van der Waals surface area contributed by atoms with Crippen molar-refractivity contribution in [2.45, 2.75) is 51.7 Å². The standard InChI is InChI=1S/C19H27F3N2O2/c1-4-13-6-5-9-24(11-13)18(2,3)12-23-17(26)15-10-14(25)7-8-16(15)19(20,21)22/h7-8,10,13,25H,4-6,9,11-12H2,1-3H3,(H,23,26). The van der Waals surface area contributed by atoms with Gasteiger partial charge in [-0.05, 0) is 57.4 Å². The second-order valence-electron chi connectivity index (χ2n) is 7.59. The Morgan fingerprint density at radius 1 is 1.35 bits per heavy atom. The van der Waals surface area contributed by atoms with Crippen LogP contribution < -0.4 is 5.32 Å². The monoisotopic (exact) mass is 372 g/mol. The van der Waals surface area contributed by atoms with E-state index >= 15 is 0 Å². The van der Waals surface area contributed by atoms with E-state index in [4.69, 9.17) is 0 Å². The number of hydrogen-bond donors (Lipinski definition) is 2. The van der Waals surface area contributed by atoms with Gasteiger partial charge in [-0.15, -0.1) is 0 Å². The molecule has 1 aliphatic heterocycles. The molecule has 7 heteroatoms. The van der Waals surface area contributed by atoms with E-state index in [-0.39, 0.29) is 17.8 Å². The van der Waals surface area contributed by atoms with Crippen molar-refractivity contribution in [2.75, 3.05) is 19.6 Å². The van der Waals surface area contributed by atoms with Gasteiger partial charge >= 0.3 is 6.18 Å². The van der Waals surface area contributed by atoms with Crippen LogP contribution in [0.2, 0.25) is 0 Å². The van der Waals surface area contributed by atoms with Gasteiger partial charge in [0.1, 0.15) is 5.75 Å². The number of aromatic hydroxyl groups is 1. The van der Waals surface area contributed by atoms with Crippen LogP contribution in [0.3, 0.4) is 0 Å². The SMILES string of the molecule is CCC1CCCN(C(C)(C)CNC(=O)c2cc(O)ccc2C(F)(F)F)C1. The first-order valence-corrected chi connectivity index (χ1v) is 8.98. The highest BCUT2D eigenvalue weighted by Gasteiger charge is 2.36. The number of hydrogen-bond acceptors (Lipinski definition) is 3. The fourth-order valence-corrected chi connectivity index (χ4v) is 3.42. The third kappa shape index (κ3) is 4.90. The molecule has 1 aliphatic rings. The van der Waals surface area contributed by atoms with Crippen LogP contribution in [0, 0.1) is 5.92 Å². The Labute approximate surface area is 152 Å². The van der Waals surface area contributed by atoms with Crippen LogP contribution in [0.15, 0.2) is 18.2 Å². The number of phenolic OH excluding ortho intramolecular Hbond substituents is 1. The summed E-state index contributed by atoms with van der Waals surface area (Å²) in [4.78, 5) is 14.7. The third-order valence-corrected chi connectivity index (χ3v) is 5.19. The molecule has 4 nitrogen and oxygen atoms in total. The van der Waals surface area contributed by atoms with Crippen LogP contribution in [-0.4, -0.2) is 41.1 Å². The highest BCUT2D eigenvalue weighted by atomic mass is 19.4. The molecule has 0 bridgehead atoms. The number of amides is 1. The zero-order valence-corrected chi connectivity index (χ0v) is 15.5. The average molecular weight is 372 g/mol. The Kier molecular flexibility index (Phi) is 6.21. The maximum absolute atomic E-state index is 13.1. The second kappa shape index (κ2) is 7.86. The molecule has 146 valence electrons. The molecule has 1 aromatic rings. The van der Waals surface area contributed by atoms with Crippen molar-refractivity contribution in [1.82, 2.24) is 10.2 Å². The molecule has 1 amide bonds. The van der Waals surface area contributed by atoms with Gasteiger partial charge in [0, 0.05) is 18.6 Å². The summed E-state index contributed by atoms with van der Waals surface area (Å²) in [6.07, 6.45) is -1.29. The number of carbonyl (C=O) groups excluding carboxylic acids is 1. The Morgan fingerprint density at radius 2 is 2.04 bits per heavy atom. The number of benzene rings is 1. The minimum Gasteiger partial charge on any atom is -0.508 e.